The fourth-order valence-corrected chi connectivity index (χ4v) is 5.03. The van der Waals surface area contributed by atoms with E-state index in [9.17, 15) is 4.79 Å². The van der Waals surface area contributed by atoms with Gasteiger partial charge in [-0.3, -0.25) is 14.6 Å². The van der Waals surface area contributed by atoms with Crippen LogP contribution in [0.5, 0.6) is 0 Å². The van der Waals surface area contributed by atoms with E-state index >= 15 is 4.39 Å². The number of ether oxygens (including phenoxy) is 2. The molecule has 1 aliphatic rings. The number of halogens is 2. The summed E-state index contributed by atoms with van der Waals surface area (Å²) in [6, 6.07) is 3.23. The molecule has 1 aliphatic heterocycles. The van der Waals surface area contributed by atoms with Crippen molar-refractivity contribution in [3.05, 3.63) is 52.3 Å². The molecule has 0 bridgehead atoms. The first-order chi connectivity index (χ1) is 15.5. The van der Waals surface area contributed by atoms with Crippen LogP contribution in [-0.4, -0.2) is 50.6 Å². The smallest absolute Gasteiger partial charge is 0.360 e. The maximum atomic E-state index is 15.2. The molecule has 10 heteroatoms. The monoisotopic (exact) mass is 501 g/mol. The molecule has 0 aromatic carbocycles. The van der Waals surface area contributed by atoms with Gasteiger partial charge < -0.3 is 14.0 Å². The number of hydrogen-bond donors (Lipinski definition) is 0. The van der Waals surface area contributed by atoms with Crippen molar-refractivity contribution < 1.29 is 18.7 Å². The largest absolute Gasteiger partial charge is 0.464 e. The Morgan fingerprint density at radius 3 is 2.81 bits per heavy atom. The summed E-state index contributed by atoms with van der Waals surface area (Å²) in [5.41, 5.74) is 3.41. The Morgan fingerprint density at radius 1 is 1.31 bits per heavy atom. The molecule has 0 spiro atoms. The van der Waals surface area contributed by atoms with Crippen LogP contribution < -0.4 is 0 Å². The van der Waals surface area contributed by atoms with Crippen LogP contribution in [0.1, 0.15) is 34.9 Å². The summed E-state index contributed by atoms with van der Waals surface area (Å²) < 4.78 is 30.2. The van der Waals surface area contributed by atoms with Crippen molar-refractivity contribution in [2.75, 3.05) is 20.3 Å². The number of carbonyl (C=O) groups excluding carboxylic acids is 1. The van der Waals surface area contributed by atoms with Gasteiger partial charge in [-0.2, -0.15) is 5.10 Å². The van der Waals surface area contributed by atoms with E-state index in [1.165, 1.54) is 13.3 Å². The molecule has 8 nitrogen and oxygen atoms in total. The Labute approximate surface area is 191 Å². The minimum atomic E-state index is -0.556. The second-order valence-corrected chi connectivity index (χ2v) is 8.76. The van der Waals surface area contributed by atoms with Gasteiger partial charge in [0.25, 0.3) is 0 Å². The summed E-state index contributed by atoms with van der Waals surface area (Å²) in [7, 11) is 3.09. The van der Waals surface area contributed by atoms with Gasteiger partial charge >= 0.3 is 5.97 Å². The van der Waals surface area contributed by atoms with E-state index in [4.69, 9.17) is 9.47 Å². The van der Waals surface area contributed by atoms with Crippen LogP contribution >= 0.6 is 15.9 Å². The molecule has 5 rings (SSSR count). The Kier molecular flexibility index (Phi) is 5.42. The number of rotatable bonds is 4. The first-order valence-electron chi connectivity index (χ1n) is 10.3. The molecule has 1 atom stereocenters. The average Bonchev–Trinajstić information content (AvgIpc) is 3.31. The molecule has 0 saturated carbocycles. The van der Waals surface area contributed by atoms with Gasteiger partial charge in [0, 0.05) is 42.7 Å². The predicted molar refractivity (Wildman–Crippen MR) is 119 cm³/mol. The van der Waals surface area contributed by atoms with Crippen LogP contribution in [0.15, 0.2) is 35.2 Å². The zero-order valence-electron chi connectivity index (χ0n) is 17.6. The molecule has 4 aromatic rings. The normalized spacial score (nSPS) is 16.0. The lowest BCUT2D eigenvalue weighted by molar-refractivity contribution is 0.0544. The average molecular weight is 502 g/mol. The molecule has 0 aliphatic carbocycles. The lowest BCUT2D eigenvalue weighted by Gasteiger charge is -2.33. The Bertz CT molecular complexity index is 1330. The highest BCUT2D eigenvalue weighted by molar-refractivity contribution is 9.10. The summed E-state index contributed by atoms with van der Waals surface area (Å²) >= 11 is 3.51. The Hall–Kier alpha value is -2.85. The SMILES string of the molecule is COC(=O)c1nn(C)c2c3ncc(Br)cc3n(C(c3ccncc3F)C3CCOCC3)c12. The molecule has 0 amide bonds. The first-order valence-corrected chi connectivity index (χ1v) is 11.1. The third-order valence-electron chi connectivity index (χ3n) is 6.07. The quantitative estimate of drug-likeness (QED) is 0.392. The van der Waals surface area contributed by atoms with Crippen molar-refractivity contribution in [3.63, 3.8) is 0 Å². The number of nitrogens with zero attached hydrogens (tertiary/aromatic N) is 5. The van der Waals surface area contributed by atoms with Crippen LogP contribution in [0.4, 0.5) is 4.39 Å². The highest BCUT2D eigenvalue weighted by Gasteiger charge is 2.35. The first kappa shape index (κ1) is 21.0. The predicted octanol–water partition coefficient (Wildman–Crippen LogP) is 4.02. The van der Waals surface area contributed by atoms with Crippen LogP contribution in [-0.2, 0) is 16.5 Å². The minimum absolute atomic E-state index is 0.0733. The maximum Gasteiger partial charge on any atom is 0.360 e. The number of aromatic nitrogens is 5. The molecule has 1 saturated heterocycles. The van der Waals surface area contributed by atoms with Crippen LogP contribution in [0, 0.1) is 11.7 Å². The molecular weight excluding hydrogens is 481 g/mol. The zero-order chi connectivity index (χ0) is 22.4. The lowest BCUT2D eigenvalue weighted by Crippen LogP contribution is -2.28. The number of hydrogen-bond acceptors (Lipinski definition) is 6. The number of carbonyl (C=O) groups is 1. The van der Waals surface area contributed by atoms with Crippen LogP contribution in [0.3, 0.4) is 0 Å². The Morgan fingerprint density at radius 2 is 2.09 bits per heavy atom. The number of fused-ring (bicyclic) bond motifs is 3. The van der Waals surface area contributed by atoms with Gasteiger partial charge in [-0.05, 0) is 46.8 Å². The topological polar surface area (TPSA) is 84.1 Å². The van der Waals surface area contributed by atoms with Crippen molar-refractivity contribution in [2.45, 2.75) is 18.9 Å². The summed E-state index contributed by atoms with van der Waals surface area (Å²) in [6.07, 6.45) is 6.02. The van der Waals surface area contributed by atoms with E-state index in [0.717, 1.165) is 22.8 Å². The van der Waals surface area contributed by atoms with Crippen molar-refractivity contribution >= 4 is 44.0 Å². The van der Waals surface area contributed by atoms with E-state index < -0.39 is 17.8 Å². The molecular formula is C22H21BrFN5O3. The number of aryl methyl sites for hydroxylation is 1. The number of methoxy groups -OCH3 is 1. The van der Waals surface area contributed by atoms with Gasteiger partial charge in [-0.1, -0.05) is 0 Å². The summed E-state index contributed by atoms with van der Waals surface area (Å²) in [6.45, 7) is 1.18. The molecule has 4 aromatic heterocycles. The van der Waals surface area contributed by atoms with E-state index in [1.54, 1.807) is 30.2 Å². The van der Waals surface area contributed by atoms with E-state index in [0.29, 0.717) is 35.3 Å². The molecule has 5 heterocycles. The van der Waals surface area contributed by atoms with Gasteiger partial charge in [0.1, 0.15) is 22.4 Å². The summed E-state index contributed by atoms with van der Waals surface area (Å²) in [5.74, 6) is -0.880. The van der Waals surface area contributed by atoms with Gasteiger partial charge in [0.15, 0.2) is 5.69 Å². The summed E-state index contributed by atoms with van der Waals surface area (Å²) in [5, 5.41) is 4.44. The van der Waals surface area contributed by atoms with Crippen LogP contribution in [0.2, 0.25) is 0 Å². The second kappa shape index (κ2) is 8.25. The van der Waals surface area contributed by atoms with Crippen molar-refractivity contribution in [2.24, 2.45) is 13.0 Å². The third kappa shape index (κ3) is 3.29. The van der Waals surface area contributed by atoms with Crippen LogP contribution in [0.25, 0.3) is 22.1 Å². The zero-order valence-corrected chi connectivity index (χ0v) is 19.2. The third-order valence-corrected chi connectivity index (χ3v) is 6.51. The standard InChI is InChI=1S/C22H21BrFN5O3/c1-28-20-17-16(9-13(23)10-26-17)29(21(20)18(27-28)22(30)31-2)19(12-4-7-32-8-5-12)14-3-6-25-11-15(14)24/h3,6,9-12,19H,4-5,7-8H2,1-2H3. The number of esters is 1. The fraction of sp³-hybridized carbons (Fsp3) is 0.364. The maximum absolute atomic E-state index is 15.2. The lowest BCUT2D eigenvalue weighted by atomic mass is 9.86. The number of pyridine rings is 2. The summed E-state index contributed by atoms with van der Waals surface area (Å²) in [4.78, 5) is 21.3. The fourth-order valence-electron chi connectivity index (χ4n) is 4.71. The molecule has 1 unspecified atom stereocenters. The molecule has 1 fully saturated rings. The van der Waals surface area contributed by atoms with Crippen molar-refractivity contribution in [3.8, 4) is 0 Å². The van der Waals surface area contributed by atoms with Crippen molar-refractivity contribution in [1.29, 1.82) is 0 Å². The highest BCUT2D eigenvalue weighted by atomic mass is 79.9. The van der Waals surface area contributed by atoms with E-state index in [1.807, 2.05) is 10.6 Å². The van der Waals surface area contributed by atoms with Gasteiger partial charge in [-0.15, -0.1) is 0 Å². The Balaban J connectivity index is 1.91. The molecule has 32 heavy (non-hydrogen) atoms. The van der Waals surface area contributed by atoms with E-state index in [-0.39, 0.29) is 11.6 Å². The highest BCUT2D eigenvalue weighted by Crippen LogP contribution is 2.42. The minimum Gasteiger partial charge on any atom is -0.464 e. The second-order valence-electron chi connectivity index (χ2n) is 7.84. The molecule has 166 valence electrons. The van der Waals surface area contributed by atoms with E-state index in [2.05, 4.69) is 31.0 Å². The molecule has 0 N–H and O–H groups in total. The van der Waals surface area contributed by atoms with Crippen molar-refractivity contribution in [1.82, 2.24) is 24.3 Å². The van der Waals surface area contributed by atoms with Gasteiger partial charge in [0.05, 0.1) is 24.9 Å². The van der Waals surface area contributed by atoms with Gasteiger partial charge in [0.2, 0.25) is 0 Å². The van der Waals surface area contributed by atoms with Gasteiger partial charge in [-0.25, -0.2) is 9.18 Å². The molecule has 0 radical (unpaired) electrons.